The maximum atomic E-state index is 12.0. The maximum Gasteiger partial charge on any atom is 0.335 e. The molecule has 0 amide bonds. The zero-order chi connectivity index (χ0) is 21.1. The van der Waals surface area contributed by atoms with Gasteiger partial charge in [0, 0.05) is 29.4 Å². The number of benzene rings is 2. The smallest absolute Gasteiger partial charge is 0.335 e. The van der Waals surface area contributed by atoms with Crippen molar-refractivity contribution in [1.82, 2.24) is 19.5 Å². The van der Waals surface area contributed by atoms with Crippen molar-refractivity contribution in [2.75, 3.05) is 0 Å². The normalized spacial score (nSPS) is 10.8. The molecule has 2 aromatic heterocycles. The zero-order valence-electron chi connectivity index (χ0n) is 15.8. The monoisotopic (exact) mass is 402 g/mol. The predicted octanol–water partition coefficient (Wildman–Crippen LogP) is 2.53. The van der Waals surface area contributed by atoms with Gasteiger partial charge in [-0.25, -0.2) is 14.6 Å². The summed E-state index contributed by atoms with van der Waals surface area (Å²) in [6.07, 6.45) is 3.50. The van der Waals surface area contributed by atoms with Crippen molar-refractivity contribution in [2.24, 2.45) is 0 Å². The molecule has 0 aliphatic heterocycles. The van der Waals surface area contributed by atoms with Crippen LogP contribution in [0.4, 0.5) is 0 Å². The van der Waals surface area contributed by atoms with Crippen LogP contribution in [0, 0.1) is 0 Å². The van der Waals surface area contributed by atoms with Gasteiger partial charge in [-0.15, -0.1) is 0 Å². The number of rotatable bonds is 6. The summed E-state index contributed by atoms with van der Waals surface area (Å²) >= 11 is 0. The van der Waals surface area contributed by atoms with E-state index in [-0.39, 0.29) is 5.56 Å². The molecular formula is C22H18N4O4. The minimum absolute atomic E-state index is 0.200. The Morgan fingerprint density at radius 1 is 1.00 bits per heavy atom. The molecule has 4 aromatic rings. The highest BCUT2D eigenvalue weighted by Crippen LogP contribution is 2.31. The molecule has 0 bridgehead atoms. The maximum absolute atomic E-state index is 12.0. The fraction of sp³-hybridized carbons (Fsp3) is 0.0909. The fourth-order valence-corrected chi connectivity index (χ4v) is 3.30. The SMILES string of the molecule is O=C(O)c1ccc(-c2c(-c3ccccc3)ncn2CCc2c[nH]c(=O)[nH]c2=O)cc1. The molecule has 2 aromatic carbocycles. The van der Waals surface area contributed by atoms with Crippen LogP contribution in [0.25, 0.3) is 22.5 Å². The number of carboxylic acid groups (broad SMARTS) is 1. The van der Waals surface area contributed by atoms with E-state index in [2.05, 4.69) is 15.0 Å². The number of aromatic amines is 2. The lowest BCUT2D eigenvalue weighted by Crippen LogP contribution is -2.25. The number of imidazole rings is 1. The third kappa shape index (κ3) is 3.83. The highest BCUT2D eigenvalue weighted by Gasteiger charge is 2.16. The second-order valence-corrected chi connectivity index (χ2v) is 6.73. The number of aromatic nitrogens is 4. The second kappa shape index (κ2) is 8.04. The van der Waals surface area contributed by atoms with Gasteiger partial charge >= 0.3 is 11.7 Å². The Morgan fingerprint density at radius 3 is 2.40 bits per heavy atom. The van der Waals surface area contributed by atoms with Crippen molar-refractivity contribution in [1.29, 1.82) is 0 Å². The van der Waals surface area contributed by atoms with Crippen molar-refractivity contribution in [3.05, 3.63) is 99.1 Å². The van der Waals surface area contributed by atoms with E-state index in [1.165, 1.54) is 6.20 Å². The average molecular weight is 402 g/mol. The molecule has 0 spiro atoms. The number of carboxylic acids is 1. The molecule has 150 valence electrons. The van der Waals surface area contributed by atoms with Gasteiger partial charge in [-0.2, -0.15) is 0 Å². The van der Waals surface area contributed by atoms with Crippen LogP contribution in [-0.4, -0.2) is 30.6 Å². The second-order valence-electron chi connectivity index (χ2n) is 6.73. The molecule has 2 heterocycles. The van der Waals surface area contributed by atoms with Crippen molar-refractivity contribution >= 4 is 5.97 Å². The van der Waals surface area contributed by atoms with E-state index in [0.29, 0.717) is 18.5 Å². The molecule has 0 aliphatic carbocycles. The van der Waals surface area contributed by atoms with Crippen LogP contribution in [0.2, 0.25) is 0 Å². The number of aryl methyl sites for hydroxylation is 2. The van der Waals surface area contributed by atoms with Crippen LogP contribution in [0.1, 0.15) is 15.9 Å². The number of carbonyl (C=O) groups is 1. The summed E-state index contributed by atoms with van der Waals surface area (Å²) in [6, 6.07) is 16.3. The number of nitrogens with one attached hydrogen (secondary N) is 2. The molecular weight excluding hydrogens is 384 g/mol. The first-order valence-electron chi connectivity index (χ1n) is 9.28. The van der Waals surface area contributed by atoms with E-state index in [0.717, 1.165) is 22.5 Å². The lowest BCUT2D eigenvalue weighted by molar-refractivity contribution is 0.0697. The van der Waals surface area contributed by atoms with Crippen LogP contribution < -0.4 is 11.2 Å². The van der Waals surface area contributed by atoms with E-state index >= 15 is 0 Å². The molecule has 4 rings (SSSR count). The third-order valence-electron chi connectivity index (χ3n) is 4.81. The minimum atomic E-state index is -0.990. The van der Waals surface area contributed by atoms with E-state index in [1.807, 2.05) is 34.9 Å². The van der Waals surface area contributed by atoms with Crippen LogP contribution in [0.3, 0.4) is 0 Å². The molecule has 0 fully saturated rings. The quantitative estimate of drug-likeness (QED) is 0.458. The van der Waals surface area contributed by atoms with Gasteiger partial charge in [0.25, 0.3) is 5.56 Å². The lowest BCUT2D eigenvalue weighted by Gasteiger charge is -2.11. The van der Waals surface area contributed by atoms with Gasteiger partial charge in [-0.05, 0) is 18.6 Å². The Bertz CT molecular complexity index is 1300. The van der Waals surface area contributed by atoms with Crippen molar-refractivity contribution in [2.45, 2.75) is 13.0 Å². The van der Waals surface area contributed by atoms with Gasteiger partial charge in [-0.3, -0.25) is 9.78 Å². The molecule has 3 N–H and O–H groups in total. The molecule has 0 atom stereocenters. The van der Waals surface area contributed by atoms with Crippen LogP contribution in [0.15, 0.2) is 76.7 Å². The standard InChI is InChI=1S/C22H18N4O4/c27-20-17(12-23-22(30)25-20)10-11-26-13-24-18(14-4-2-1-3-5-14)19(26)15-6-8-16(9-7-15)21(28)29/h1-9,12-13H,10-11H2,(H,28,29)(H2,23,25,27,30). The molecule has 0 radical (unpaired) electrons. The Balaban J connectivity index is 1.75. The summed E-state index contributed by atoms with van der Waals surface area (Å²) in [5.74, 6) is -0.990. The molecule has 8 heteroatoms. The third-order valence-corrected chi connectivity index (χ3v) is 4.81. The van der Waals surface area contributed by atoms with Crippen LogP contribution in [0.5, 0.6) is 0 Å². The number of hydrogen-bond donors (Lipinski definition) is 3. The Hall–Kier alpha value is -4.20. The van der Waals surface area contributed by atoms with Gasteiger partial charge in [0.15, 0.2) is 0 Å². The lowest BCUT2D eigenvalue weighted by atomic mass is 10.0. The molecule has 0 unspecified atom stereocenters. The van der Waals surface area contributed by atoms with E-state index in [9.17, 15) is 19.5 Å². The Kier molecular flexibility index (Phi) is 5.13. The number of H-pyrrole nitrogens is 2. The van der Waals surface area contributed by atoms with Gasteiger partial charge in [0.05, 0.1) is 23.3 Å². The molecule has 0 aliphatic rings. The summed E-state index contributed by atoms with van der Waals surface area (Å²) in [6.45, 7) is 0.449. The van der Waals surface area contributed by atoms with E-state index in [1.54, 1.807) is 30.6 Å². The summed E-state index contributed by atoms with van der Waals surface area (Å²) in [7, 11) is 0. The summed E-state index contributed by atoms with van der Waals surface area (Å²) < 4.78 is 1.92. The summed E-state index contributed by atoms with van der Waals surface area (Å²) in [5, 5.41) is 9.17. The number of hydrogen-bond acceptors (Lipinski definition) is 4. The summed E-state index contributed by atoms with van der Waals surface area (Å²) in [4.78, 5) is 43.7. The predicted molar refractivity (Wildman–Crippen MR) is 111 cm³/mol. The highest BCUT2D eigenvalue weighted by molar-refractivity contribution is 5.89. The highest BCUT2D eigenvalue weighted by atomic mass is 16.4. The van der Waals surface area contributed by atoms with E-state index < -0.39 is 17.2 Å². The first-order valence-corrected chi connectivity index (χ1v) is 9.28. The van der Waals surface area contributed by atoms with Gasteiger partial charge in [0.2, 0.25) is 0 Å². The molecule has 8 nitrogen and oxygen atoms in total. The zero-order valence-corrected chi connectivity index (χ0v) is 15.8. The van der Waals surface area contributed by atoms with Crippen LogP contribution in [-0.2, 0) is 13.0 Å². The minimum Gasteiger partial charge on any atom is -0.478 e. The largest absolute Gasteiger partial charge is 0.478 e. The fourth-order valence-electron chi connectivity index (χ4n) is 3.30. The topological polar surface area (TPSA) is 121 Å². The van der Waals surface area contributed by atoms with Gasteiger partial charge < -0.3 is 14.7 Å². The molecule has 0 saturated carbocycles. The first-order chi connectivity index (χ1) is 14.5. The van der Waals surface area contributed by atoms with Crippen molar-refractivity contribution < 1.29 is 9.90 Å². The van der Waals surface area contributed by atoms with Gasteiger partial charge in [-0.1, -0.05) is 42.5 Å². The first kappa shape index (κ1) is 19.1. The summed E-state index contributed by atoms with van der Waals surface area (Å²) in [5.41, 5.74) is 3.00. The van der Waals surface area contributed by atoms with Crippen molar-refractivity contribution in [3.8, 4) is 22.5 Å². The number of aromatic carboxylic acids is 1. The molecule has 0 saturated heterocycles. The van der Waals surface area contributed by atoms with Crippen LogP contribution >= 0.6 is 0 Å². The average Bonchev–Trinajstić information content (AvgIpc) is 3.18. The Morgan fingerprint density at radius 2 is 1.73 bits per heavy atom. The van der Waals surface area contributed by atoms with Gasteiger partial charge in [0.1, 0.15) is 0 Å². The number of nitrogens with zero attached hydrogens (tertiary/aromatic N) is 2. The molecule has 30 heavy (non-hydrogen) atoms. The Labute approximate surface area is 170 Å². The van der Waals surface area contributed by atoms with Crippen molar-refractivity contribution in [3.63, 3.8) is 0 Å². The van der Waals surface area contributed by atoms with E-state index in [4.69, 9.17) is 0 Å².